The Balaban J connectivity index is 2.28. The molecule has 0 aliphatic carbocycles. The Hall–Kier alpha value is -2.30. The molecule has 0 saturated carbocycles. The van der Waals surface area contributed by atoms with Gasteiger partial charge in [-0.05, 0) is 30.5 Å². The van der Waals surface area contributed by atoms with Crippen LogP contribution in [0.5, 0.6) is 0 Å². The average molecular weight is 286 g/mol. The zero-order chi connectivity index (χ0) is 15.2. The molecule has 0 N–H and O–H groups in total. The Bertz CT molecular complexity index is 756. The number of para-hydroxylation sites is 1. The van der Waals surface area contributed by atoms with E-state index in [0.717, 1.165) is 15.7 Å². The maximum atomic E-state index is 12.6. The minimum Gasteiger partial charge on any atom is -0.595 e. The molecule has 110 valence electrons. The SMILES string of the molecule is CCn1c2ccccc2c(C2=CC(C)(C)CC(=O)O2)[n+]1[O-]. The van der Waals surface area contributed by atoms with Gasteiger partial charge in [-0.15, -0.1) is 4.68 Å². The lowest BCUT2D eigenvalue weighted by atomic mass is 9.86. The third-order valence-corrected chi connectivity index (χ3v) is 3.73. The van der Waals surface area contributed by atoms with Gasteiger partial charge in [0.15, 0.2) is 0 Å². The maximum Gasteiger partial charge on any atom is 0.312 e. The molecule has 0 unspecified atom stereocenters. The second kappa shape index (κ2) is 4.62. The van der Waals surface area contributed by atoms with Crippen molar-refractivity contribution in [1.82, 2.24) is 4.68 Å². The van der Waals surface area contributed by atoms with Crippen molar-refractivity contribution in [3.8, 4) is 0 Å². The first-order valence-electron chi connectivity index (χ1n) is 7.08. The fourth-order valence-corrected chi connectivity index (χ4v) is 2.83. The van der Waals surface area contributed by atoms with Gasteiger partial charge in [-0.3, -0.25) is 4.79 Å². The number of allylic oxidation sites excluding steroid dienone is 1. The van der Waals surface area contributed by atoms with Gasteiger partial charge in [0.1, 0.15) is 5.52 Å². The summed E-state index contributed by atoms with van der Waals surface area (Å²) >= 11 is 0. The molecule has 1 aromatic carbocycles. The van der Waals surface area contributed by atoms with E-state index in [9.17, 15) is 10.0 Å². The van der Waals surface area contributed by atoms with E-state index in [0.29, 0.717) is 24.4 Å². The molecule has 0 saturated heterocycles. The summed E-state index contributed by atoms with van der Waals surface area (Å²) in [6.45, 7) is 6.38. The van der Waals surface area contributed by atoms with Crippen LogP contribution in [0.2, 0.25) is 0 Å². The van der Waals surface area contributed by atoms with Crippen molar-refractivity contribution in [2.75, 3.05) is 0 Å². The summed E-state index contributed by atoms with van der Waals surface area (Å²) in [5.41, 5.74) is 0.937. The standard InChI is InChI=1S/C16H18N2O3/c1-4-17-12-8-6-5-7-11(12)15(18(17)20)13-9-16(2,3)10-14(19)21-13/h5-9H,4,10H2,1-3H3. The van der Waals surface area contributed by atoms with Crippen molar-refractivity contribution in [2.45, 2.75) is 33.7 Å². The number of fused-ring (bicyclic) bond motifs is 1. The first-order chi connectivity index (χ1) is 9.93. The Morgan fingerprint density at radius 2 is 2.10 bits per heavy atom. The van der Waals surface area contributed by atoms with Crippen molar-refractivity contribution in [1.29, 1.82) is 0 Å². The lowest BCUT2D eigenvalue weighted by Gasteiger charge is -2.24. The quantitative estimate of drug-likeness (QED) is 0.484. The number of cyclic esters (lactones) is 1. The highest BCUT2D eigenvalue weighted by molar-refractivity contribution is 5.91. The number of ether oxygens (including phenoxy) is 1. The number of esters is 1. The minimum atomic E-state index is -0.312. The smallest absolute Gasteiger partial charge is 0.312 e. The van der Waals surface area contributed by atoms with E-state index in [1.165, 1.54) is 0 Å². The molecule has 5 nitrogen and oxygen atoms in total. The van der Waals surface area contributed by atoms with Gasteiger partial charge in [-0.1, -0.05) is 30.8 Å². The number of aromatic nitrogens is 2. The fraction of sp³-hybridized carbons (Fsp3) is 0.375. The van der Waals surface area contributed by atoms with Gasteiger partial charge in [0.05, 0.1) is 18.4 Å². The van der Waals surface area contributed by atoms with Crippen LogP contribution >= 0.6 is 0 Å². The third-order valence-electron chi connectivity index (χ3n) is 3.73. The van der Waals surface area contributed by atoms with Crippen LogP contribution in [0.3, 0.4) is 0 Å². The predicted molar refractivity (Wildman–Crippen MR) is 79.0 cm³/mol. The first kappa shape index (κ1) is 13.7. The van der Waals surface area contributed by atoms with E-state index < -0.39 is 0 Å². The number of rotatable bonds is 2. The number of benzene rings is 1. The number of carbonyl (C=O) groups excluding carboxylic acids is 1. The van der Waals surface area contributed by atoms with E-state index in [4.69, 9.17) is 4.74 Å². The van der Waals surface area contributed by atoms with Gasteiger partial charge in [0.2, 0.25) is 5.76 Å². The normalized spacial score (nSPS) is 17.7. The van der Waals surface area contributed by atoms with Gasteiger partial charge < -0.3 is 9.94 Å². The topological polar surface area (TPSA) is 58.2 Å². The number of nitrogens with zero attached hydrogens (tertiary/aromatic N) is 2. The molecule has 2 aromatic rings. The summed E-state index contributed by atoms with van der Waals surface area (Å²) in [5, 5.41) is 13.4. The van der Waals surface area contributed by atoms with Crippen molar-refractivity contribution in [3.05, 3.63) is 41.2 Å². The molecule has 1 aliphatic heterocycles. The van der Waals surface area contributed by atoms with Crippen molar-refractivity contribution in [2.24, 2.45) is 5.41 Å². The van der Waals surface area contributed by atoms with Gasteiger partial charge >= 0.3 is 5.97 Å². The highest BCUT2D eigenvalue weighted by atomic mass is 16.5. The van der Waals surface area contributed by atoms with Crippen LogP contribution in [0.1, 0.15) is 32.9 Å². The van der Waals surface area contributed by atoms with Crippen LogP contribution in [-0.2, 0) is 16.1 Å². The molecule has 0 spiro atoms. The van der Waals surface area contributed by atoms with Crippen LogP contribution in [0.4, 0.5) is 0 Å². The molecule has 0 bridgehead atoms. The zero-order valence-electron chi connectivity index (χ0n) is 12.4. The summed E-state index contributed by atoms with van der Waals surface area (Å²) in [6, 6.07) is 7.54. The van der Waals surface area contributed by atoms with E-state index in [2.05, 4.69) is 0 Å². The lowest BCUT2D eigenvalue weighted by molar-refractivity contribution is -0.694. The van der Waals surface area contributed by atoms with Gasteiger partial charge in [0, 0.05) is 0 Å². The molecule has 0 atom stereocenters. The number of hydrogen-bond acceptors (Lipinski definition) is 3. The number of carbonyl (C=O) groups is 1. The second-order valence-corrected chi connectivity index (χ2v) is 6.00. The van der Waals surface area contributed by atoms with Crippen molar-refractivity contribution in [3.63, 3.8) is 0 Å². The second-order valence-electron chi connectivity index (χ2n) is 6.00. The largest absolute Gasteiger partial charge is 0.595 e. The van der Waals surface area contributed by atoms with Crippen molar-refractivity contribution < 1.29 is 14.4 Å². The molecule has 2 heterocycles. The molecular formula is C16H18N2O3. The summed E-state index contributed by atoms with van der Waals surface area (Å²) < 4.78 is 6.97. The summed E-state index contributed by atoms with van der Waals surface area (Å²) in [5.74, 6) is 0.0560. The lowest BCUT2D eigenvalue weighted by Crippen LogP contribution is -2.41. The highest BCUT2D eigenvalue weighted by Gasteiger charge is 2.34. The minimum absolute atomic E-state index is 0.300. The number of aryl methyl sites for hydroxylation is 1. The van der Waals surface area contributed by atoms with Crippen LogP contribution in [-0.4, -0.2) is 10.7 Å². The molecule has 0 radical (unpaired) electrons. The Morgan fingerprint density at radius 3 is 2.76 bits per heavy atom. The van der Waals surface area contributed by atoms with E-state index in [1.54, 1.807) is 4.68 Å². The van der Waals surface area contributed by atoms with Gasteiger partial charge in [0.25, 0.3) is 5.69 Å². The molecule has 1 aliphatic rings. The Morgan fingerprint density at radius 1 is 1.38 bits per heavy atom. The van der Waals surface area contributed by atoms with Crippen LogP contribution in [0, 0.1) is 10.6 Å². The molecular weight excluding hydrogens is 268 g/mol. The molecule has 3 rings (SSSR count). The molecule has 5 heteroatoms. The fourth-order valence-electron chi connectivity index (χ4n) is 2.83. The van der Waals surface area contributed by atoms with E-state index in [-0.39, 0.29) is 11.4 Å². The predicted octanol–water partition coefficient (Wildman–Crippen LogP) is 2.61. The van der Waals surface area contributed by atoms with Gasteiger partial charge in [-0.2, -0.15) is 0 Å². The Kier molecular flexibility index (Phi) is 3.01. The van der Waals surface area contributed by atoms with Crippen LogP contribution < -0.4 is 4.85 Å². The summed E-state index contributed by atoms with van der Waals surface area (Å²) in [4.78, 5) is 12.6. The first-order valence-corrected chi connectivity index (χ1v) is 7.08. The molecule has 0 fully saturated rings. The number of hydrogen-bond donors (Lipinski definition) is 0. The van der Waals surface area contributed by atoms with E-state index >= 15 is 0 Å². The third kappa shape index (κ3) is 2.18. The zero-order valence-corrected chi connectivity index (χ0v) is 12.4. The maximum absolute atomic E-state index is 12.6. The van der Waals surface area contributed by atoms with Crippen LogP contribution in [0.25, 0.3) is 16.7 Å². The van der Waals surface area contributed by atoms with E-state index in [1.807, 2.05) is 51.1 Å². The monoisotopic (exact) mass is 286 g/mol. The average Bonchev–Trinajstić information content (AvgIpc) is 2.67. The highest BCUT2D eigenvalue weighted by Crippen LogP contribution is 2.35. The van der Waals surface area contributed by atoms with Crippen LogP contribution in [0.15, 0.2) is 30.3 Å². The summed E-state index contributed by atoms with van der Waals surface area (Å²) in [6.07, 6.45) is 2.19. The summed E-state index contributed by atoms with van der Waals surface area (Å²) in [7, 11) is 0. The molecule has 1 aromatic heterocycles. The van der Waals surface area contributed by atoms with Crippen molar-refractivity contribution >= 4 is 22.6 Å². The molecule has 21 heavy (non-hydrogen) atoms. The molecule has 0 amide bonds. The van der Waals surface area contributed by atoms with Gasteiger partial charge in [-0.25, -0.2) is 0 Å². The Labute approximate surface area is 123 Å².